The molecule has 0 unspecified atom stereocenters. The number of rotatable bonds is 4. The van der Waals surface area contributed by atoms with Crippen LogP contribution >= 0.6 is 0 Å². The fourth-order valence-corrected chi connectivity index (χ4v) is 3.69. The Labute approximate surface area is 179 Å². The van der Waals surface area contributed by atoms with Crippen molar-refractivity contribution in [3.8, 4) is 5.75 Å². The maximum atomic E-state index is 12.9. The lowest BCUT2D eigenvalue weighted by Gasteiger charge is -2.35. The third kappa shape index (κ3) is 4.05. The van der Waals surface area contributed by atoms with Crippen LogP contribution in [0.25, 0.3) is 11.2 Å². The van der Waals surface area contributed by atoms with Crippen molar-refractivity contribution in [2.75, 3.05) is 31.1 Å². The summed E-state index contributed by atoms with van der Waals surface area (Å²) in [6.07, 6.45) is 1.64. The predicted molar refractivity (Wildman–Crippen MR) is 117 cm³/mol. The van der Waals surface area contributed by atoms with Crippen LogP contribution in [0.15, 0.2) is 72.9 Å². The van der Waals surface area contributed by atoms with Crippen LogP contribution in [0, 0.1) is 0 Å². The Kier molecular flexibility index (Phi) is 5.18. The van der Waals surface area contributed by atoms with Crippen molar-refractivity contribution >= 4 is 22.9 Å². The first-order chi connectivity index (χ1) is 15.3. The van der Waals surface area contributed by atoms with Crippen molar-refractivity contribution in [2.24, 2.45) is 0 Å². The Balaban J connectivity index is 1.18. The van der Waals surface area contributed by atoms with Crippen LogP contribution in [0.3, 0.4) is 0 Å². The number of nitrogens with zero attached hydrogens (tertiary/aromatic N) is 6. The summed E-state index contributed by atoms with van der Waals surface area (Å²) in [5.41, 5.74) is 3.36. The number of amides is 1. The van der Waals surface area contributed by atoms with E-state index in [9.17, 15) is 4.79 Å². The number of aromatic nitrogens is 4. The van der Waals surface area contributed by atoms with E-state index >= 15 is 0 Å². The van der Waals surface area contributed by atoms with Gasteiger partial charge in [0.15, 0.2) is 0 Å². The van der Waals surface area contributed by atoms with Gasteiger partial charge in [0, 0.05) is 38.1 Å². The average molecular weight is 414 g/mol. The molecule has 1 saturated heterocycles. The highest BCUT2D eigenvalue weighted by Crippen LogP contribution is 2.22. The summed E-state index contributed by atoms with van der Waals surface area (Å²) in [6.45, 7) is 3.29. The van der Waals surface area contributed by atoms with Gasteiger partial charge in [-0.1, -0.05) is 35.5 Å². The molecule has 0 bridgehead atoms. The average Bonchev–Trinajstić information content (AvgIpc) is 3.28. The fourth-order valence-electron chi connectivity index (χ4n) is 3.69. The summed E-state index contributed by atoms with van der Waals surface area (Å²) in [7, 11) is 0. The highest BCUT2D eigenvalue weighted by molar-refractivity contribution is 5.86. The maximum absolute atomic E-state index is 12.9. The van der Waals surface area contributed by atoms with E-state index in [1.165, 1.54) is 4.68 Å². The number of ether oxygens (including phenoxy) is 1. The molecule has 2 aromatic carbocycles. The molecule has 0 aliphatic carbocycles. The lowest BCUT2D eigenvalue weighted by atomic mass is 10.2. The molecule has 1 amide bonds. The first-order valence-electron chi connectivity index (χ1n) is 10.3. The summed E-state index contributed by atoms with van der Waals surface area (Å²) < 4.78 is 7.20. The quantitative estimate of drug-likeness (QED) is 0.510. The van der Waals surface area contributed by atoms with E-state index in [4.69, 9.17) is 4.74 Å². The topological polar surface area (TPSA) is 76.4 Å². The number of hydrogen-bond donors (Lipinski definition) is 0. The van der Waals surface area contributed by atoms with Crippen molar-refractivity contribution in [3.05, 3.63) is 78.5 Å². The molecular weight excluding hydrogens is 392 g/mol. The number of fused-ring (bicyclic) bond motifs is 1. The van der Waals surface area contributed by atoms with Crippen molar-refractivity contribution in [2.45, 2.75) is 6.61 Å². The number of benzene rings is 2. The standard InChI is InChI=1S/C23H22N6O2/c30-23(29-21-7-4-12-24-22(21)25-26-29)28-15-13-27(14-16-28)19-8-10-20(11-9-19)31-17-18-5-2-1-3-6-18/h1-12H,13-17H2. The molecule has 2 aromatic heterocycles. The van der Waals surface area contributed by atoms with E-state index in [-0.39, 0.29) is 6.03 Å². The minimum Gasteiger partial charge on any atom is -0.489 e. The normalized spacial score (nSPS) is 14.1. The summed E-state index contributed by atoms with van der Waals surface area (Å²) >= 11 is 0. The van der Waals surface area contributed by atoms with E-state index < -0.39 is 0 Å². The molecule has 0 saturated carbocycles. The van der Waals surface area contributed by atoms with Gasteiger partial charge in [0.25, 0.3) is 0 Å². The Morgan fingerprint density at radius 1 is 0.903 bits per heavy atom. The van der Waals surface area contributed by atoms with E-state index in [0.29, 0.717) is 30.9 Å². The van der Waals surface area contributed by atoms with Crippen LogP contribution in [0.4, 0.5) is 10.5 Å². The maximum Gasteiger partial charge on any atom is 0.346 e. The molecule has 1 fully saturated rings. The Morgan fingerprint density at radius 3 is 2.45 bits per heavy atom. The number of carbonyl (C=O) groups excluding carboxylic acids is 1. The summed E-state index contributed by atoms with van der Waals surface area (Å²) in [6, 6.07) is 21.6. The largest absolute Gasteiger partial charge is 0.489 e. The summed E-state index contributed by atoms with van der Waals surface area (Å²) in [4.78, 5) is 21.1. The van der Waals surface area contributed by atoms with Crippen molar-refractivity contribution in [3.63, 3.8) is 0 Å². The molecule has 0 spiro atoms. The predicted octanol–water partition coefficient (Wildman–Crippen LogP) is 3.20. The molecule has 1 aliphatic heterocycles. The van der Waals surface area contributed by atoms with Gasteiger partial charge in [0.2, 0.25) is 5.65 Å². The minimum absolute atomic E-state index is 0.167. The Morgan fingerprint density at radius 2 is 1.68 bits per heavy atom. The van der Waals surface area contributed by atoms with Gasteiger partial charge in [-0.05, 0) is 42.0 Å². The molecule has 0 N–H and O–H groups in total. The molecule has 156 valence electrons. The molecule has 8 nitrogen and oxygen atoms in total. The molecule has 3 heterocycles. The lowest BCUT2D eigenvalue weighted by Crippen LogP contribution is -2.50. The van der Waals surface area contributed by atoms with Crippen LogP contribution < -0.4 is 9.64 Å². The van der Waals surface area contributed by atoms with E-state index in [1.807, 2.05) is 42.5 Å². The smallest absolute Gasteiger partial charge is 0.346 e. The van der Waals surface area contributed by atoms with Crippen LogP contribution in [0.1, 0.15) is 5.56 Å². The molecule has 0 radical (unpaired) electrons. The first-order valence-corrected chi connectivity index (χ1v) is 10.3. The summed E-state index contributed by atoms with van der Waals surface area (Å²) in [5.74, 6) is 0.841. The van der Waals surface area contributed by atoms with Gasteiger partial charge in [-0.25, -0.2) is 9.78 Å². The zero-order valence-electron chi connectivity index (χ0n) is 17.0. The fraction of sp³-hybridized carbons (Fsp3) is 0.217. The second kappa shape index (κ2) is 8.43. The lowest BCUT2D eigenvalue weighted by molar-refractivity contribution is 0.193. The molecule has 4 aromatic rings. The van der Waals surface area contributed by atoms with Crippen LogP contribution in [-0.2, 0) is 6.61 Å². The molecular formula is C23H22N6O2. The number of hydrogen-bond acceptors (Lipinski definition) is 6. The third-order valence-corrected chi connectivity index (χ3v) is 5.40. The van der Waals surface area contributed by atoms with Crippen molar-refractivity contribution in [1.29, 1.82) is 0 Å². The zero-order chi connectivity index (χ0) is 21.0. The van der Waals surface area contributed by atoms with Gasteiger partial charge in [-0.2, -0.15) is 4.68 Å². The minimum atomic E-state index is -0.167. The Bertz CT molecular complexity index is 1170. The highest BCUT2D eigenvalue weighted by Gasteiger charge is 2.24. The molecule has 0 atom stereocenters. The molecule has 1 aliphatic rings. The second-order valence-corrected chi connectivity index (χ2v) is 7.37. The van der Waals surface area contributed by atoms with Crippen LogP contribution in [0.5, 0.6) is 5.75 Å². The SMILES string of the molecule is O=C(N1CCN(c2ccc(OCc3ccccc3)cc2)CC1)n1nnc2ncccc21. The van der Waals surface area contributed by atoms with Gasteiger partial charge in [-0.15, -0.1) is 5.10 Å². The van der Waals surface area contributed by atoms with Gasteiger partial charge in [0.1, 0.15) is 17.9 Å². The number of pyridine rings is 1. The van der Waals surface area contributed by atoms with E-state index in [1.54, 1.807) is 23.2 Å². The van der Waals surface area contributed by atoms with Gasteiger partial charge in [-0.3, -0.25) is 0 Å². The van der Waals surface area contributed by atoms with Gasteiger partial charge < -0.3 is 14.5 Å². The monoisotopic (exact) mass is 414 g/mol. The number of carbonyl (C=O) groups is 1. The van der Waals surface area contributed by atoms with E-state index in [0.717, 1.165) is 30.1 Å². The molecule has 5 rings (SSSR count). The zero-order valence-corrected chi connectivity index (χ0v) is 17.0. The van der Waals surface area contributed by atoms with Crippen LogP contribution in [-0.4, -0.2) is 57.1 Å². The first kappa shape index (κ1) is 19.0. The van der Waals surface area contributed by atoms with Gasteiger partial charge in [0.05, 0.1) is 0 Å². The number of anilines is 1. The Hall–Kier alpha value is -3.94. The van der Waals surface area contributed by atoms with E-state index in [2.05, 4.69) is 32.3 Å². The van der Waals surface area contributed by atoms with Gasteiger partial charge >= 0.3 is 6.03 Å². The molecule has 8 heteroatoms. The van der Waals surface area contributed by atoms with Crippen molar-refractivity contribution < 1.29 is 9.53 Å². The second-order valence-electron chi connectivity index (χ2n) is 7.37. The third-order valence-electron chi connectivity index (χ3n) is 5.40. The van der Waals surface area contributed by atoms with Crippen molar-refractivity contribution in [1.82, 2.24) is 24.9 Å². The van der Waals surface area contributed by atoms with Crippen LogP contribution in [0.2, 0.25) is 0 Å². The molecule has 31 heavy (non-hydrogen) atoms. The number of piperazine rings is 1. The highest BCUT2D eigenvalue weighted by atomic mass is 16.5. The summed E-state index contributed by atoms with van der Waals surface area (Å²) in [5, 5.41) is 7.95.